The van der Waals surface area contributed by atoms with E-state index >= 15 is 0 Å². The minimum absolute atomic E-state index is 0.156. The molecule has 4 rings (SSSR count). The van der Waals surface area contributed by atoms with Crippen molar-refractivity contribution in [2.75, 3.05) is 7.11 Å². The van der Waals surface area contributed by atoms with Gasteiger partial charge in [0.1, 0.15) is 5.75 Å². The van der Waals surface area contributed by atoms with Gasteiger partial charge in [-0.1, -0.05) is 42.5 Å². The average Bonchev–Trinajstić information content (AvgIpc) is 3.21. The number of nitrogens with one attached hydrogen (secondary N) is 1. The summed E-state index contributed by atoms with van der Waals surface area (Å²) in [6.07, 6.45) is 2.00. The molecule has 3 N–H and O–H groups in total. The number of hydroxylamine groups is 1. The third kappa shape index (κ3) is 5.00. The molecule has 0 aliphatic rings. The monoisotopic (exact) mass is 430 g/mol. The second-order valence-corrected chi connectivity index (χ2v) is 7.40. The summed E-state index contributed by atoms with van der Waals surface area (Å²) in [5, 5.41) is 19.3. The zero-order chi connectivity index (χ0) is 22.5. The van der Waals surface area contributed by atoms with Crippen LogP contribution in [0.25, 0.3) is 10.9 Å². The van der Waals surface area contributed by atoms with E-state index in [1.807, 2.05) is 48.7 Å². The van der Waals surface area contributed by atoms with E-state index in [0.717, 1.165) is 27.8 Å². The van der Waals surface area contributed by atoms with Gasteiger partial charge < -0.3 is 19.4 Å². The van der Waals surface area contributed by atoms with Gasteiger partial charge in [-0.3, -0.25) is 9.63 Å². The van der Waals surface area contributed by atoms with Crippen LogP contribution in [0.2, 0.25) is 0 Å². The average molecular weight is 430 g/mol. The number of hydrogen-bond donors (Lipinski definition) is 3. The van der Waals surface area contributed by atoms with E-state index < -0.39 is 7.12 Å². The molecule has 1 heterocycles. The molecule has 32 heavy (non-hydrogen) atoms. The van der Waals surface area contributed by atoms with E-state index in [0.29, 0.717) is 17.6 Å². The highest BCUT2D eigenvalue weighted by molar-refractivity contribution is 6.58. The molecule has 8 heteroatoms. The van der Waals surface area contributed by atoms with Crippen molar-refractivity contribution in [3.8, 4) is 5.75 Å². The van der Waals surface area contributed by atoms with Crippen molar-refractivity contribution in [1.29, 1.82) is 0 Å². The second kappa shape index (κ2) is 9.70. The Balaban J connectivity index is 1.41. The van der Waals surface area contributed by atoms with Crippen molar-refractivity contribution in [2.24, 2.45) is 0 Å². The molecule has 0 fully saturated rings. The number of amides is 1. The molecule has 0 aliphatic carbocycles. The molecule has 3 aromatic carbocycles. The molecule has 0 atom stereocenters. The van der Waals surface area contributed by atoms with E-state index in [1.54, 1.807) is 37.4 Å². The maximum atomic E-state index is 12.6. The minimum Gasteiger partial charge on any atom is -0.497 e. The Labute approximate surface area is 185 Å². The van der Waals surface area contributed by atoms with Gasteiger partial charge >= 0.3 is 7.12 Å². The summed E-state index contributed by atoms with van der Waals surface area (Å²) in [4.78, 5) is 17.9. The summed E-state index contributed by atoms with van der Waals surface area (Å²) in [5.74, 6) is 0.471. The lowest BCUT2D eigenvalue weighted by molar-refractivity contribution is 0.0233. The first-order valence-electron chi connectivity index (χ1n) is 10.1. The van der Waals surface area contributed by atoms with E-state index in [1.165, 1.54) is 0 Å². The highest BCUT2D eigenvalue weighted by Gasteiger charge is 2.11. The van der Waals surface area contributed by atoms with Crippen molar-refractivity contribution >= 4 is 29.4 Å². The number of aromatic nitrogens is 1. The highest BCUT2D eigenvalue weighted by Crippen LogP contribution is 2.20. The Kier molecular flexibility index (Phi) is 6.56. The zero-order valence-electron chi connectivity index (χ0n) is 17.6. The van der Waals surface area contributed by atoms with Gasteiger partial charge in [0.25, 0.3) is 5.91 Å². The molecule has 1 amide bonds. The lowest BCUT2D eigenvalue weighted by Crippen LogP contribution is -2.29. The summed E-state index contributed by atoms with van der Waals surface area (Å²) in [6.45, 7) is 0.831. The lowest BCUT2D eigenvalue weighted by atomic mass is 9.80. The first-order chi connectivity index (χ1) is 15.5. The fourth-order valence-corrected chi connectivity index (χ4v) is 3.42. The topological polar surface area (TPSA) is 93.0 Å². The number of carbonyl (C=O) groups excluding carboxylic acids is 1. The van der Waals surface area contributed by atoms with Crippen LogP contribution in [-0.4, -0.2) is 34.8 Å². The van der Waals surface area contributed by atoms with Crippen molar-refractivity contribution < 1.29 is 24.4 Å². The van der Waals surface area contributed by atoms with Gasteiger partial charge in [0.15, 0.2) is 0 Å². The van der Waals surface area contributed by atoms with Crippen LogP contribution < -0.4 is 15.7 Å². The molecule has 0 saturated carbocycles. The van der Waals surface area contributed by atoms with Crippen LogP contribution in [0.15, 0.2) is 79.0 Å². The van der Waals surface area contributed by atoms with Crippen LogP contribution in [-0.2, 0) is 18.0 Å². The molecule has 0 radical (unpaired) electrons. The summed E-state index contributed by atoms with van der Waals surface area (Å²) in [7, 11) is 0.131. The number of ether oxygens (including phenoxy) is 1. The maximum absolute atomic E-state index is 12.6. The van der Waals surface area contributed by atoms with Crippen LogP contribution in [0.3, 0.4) is 0 Å². The van der Waals surface area contributed by atoms with E-state index in [2.05, 4.69) is 10.0 Å². The predicted octanol–water partition coefficient (Wildman–Crippen LogP) is 2.24. The van der Waals surface area contributed by atoms with Crippen molar-refractivity contribution in [3.05, 3.63) is 95.7 Å². The van der Waals surface area contributed by atoms with E-state index in [9.17, 15) is 4.79 Å². The van der Waals surface area contributed by atoms with Gasteiger partial charge in [0.2, 0.25) is 0 Å². The molecule has 0 unspecified atom stereocenters. The number of nitrogens with zero attached hydrogens (tertiary/aromatic N) is 1. The van der Waals surface area contributed by atoms with Crippen LogP contribution in [0.1, 0.15) is 21.5 Å². The third-order valence-corrected chi connectivity index (χ3v) is 5.23. The van der Waals surface area contributed by atoms with Gasteiger partial charge in [0, 0.05) is 23.8 Å². The Morgan fingerprint density at radius 2 is 1.69 bits per heavy atom. The molecule has 0 bridgehead atoms. The van der Waals surface area contributed by atoms with Gasteiger partial charge in [-0.2, -0.15) is 0 Å². The molecule has 1 aromatic heterocycles. The van der Waals surface area contributed by atoms with Gasteiger partial charge in [-0.25, -0.2) is 5.48 Å². The number of carbonyl (C=O) groups is 1. The molecule has 162 valence electrons. The quantitative estimate of drug-likeness (QED) is 0.295. The Bertz CT molecular complexity index is 1200. The number of hydrogen-bond acceptors (Lipinski definition) is 5. The van der Waals surface area contributed by atoms with Crippen LogP contribution in [0, 0.1) is 0 Å². The number of methoxy groups -OCH3 is 1. The fraction of sp³-hybridized carbons (Fsp3) is 0.125. The fourth-order valence-electron chi connectivity index (χ4n) is 3.42. The number of benzene rings is 3. The molecular formula is C24H23BN2O5. The molecule has 7 nitrogen and oxygen atoms in total. The number of fused-ring (bicyclic) bond motifs is 1. The first kappa shape index (κ1) is 21.6. The number of rotatable bonds is 8. The molecule has 0 spiro atoms. The molecule has 0 saturated heterocycles. The summed E-state index contributed by atoms with van der Waals surface area (Å²) in [6, 6.07) is 22.0. The van der Waals surface area contributed by atoms with Crippen LogP contribution in [0.4, 0.5) is 0 Å². The Hall–Kier alpha value is -3.59. The first-order valence-corrected chi connectivity index (χ1v) is 10.1. The van der Waals surface area contributed by atoms with Gasteiger partial charge in [0.05, 0.1) is 13.7 Å². The smallest absolute Gasteiger partial charge is 0.488 e. The summed E-state index contributed by atoms with van der Waals surface area (Å²) < 4.78 is 7.30. The largest absolute Gasteiger partial charge is 0.497 e. The zero-order valence-corrected chi connectivity index (χ0v) is 17.6. The van der Waals surface area contributed by atoms with Gasteiger partial charge in [-0.05, 0) is 52.3 Å². The van der Waals surface area contributed by atoms with Crippen molar-refractivity contribution in [3.63, 3.8) is 0 Å². The Morgan fingerprint density at radius 1 is 0.969 bits per heavy atom. The molecule has 4 aromatic rings. The van der Waals surface area contributed by atoms with Crippen molar-refractivity contribution in [2.45, 2.75) is 13.2 Å². The summed E-state index contributed by atoms with van der Waals surface area (Å²) in [5.41, 5.74) is 6.21. The van der Waals surface area contributed by atoms with Crippen LogP contribution in [0.5, 0.6) is 5.75 Å². The predicted molar refractivity (Wildman–Crippen MR) is 123 cm³/mol. The standard InChI is InChI=1S/C24H23BN2O5/c1-31-22-10-4-17(5-11-22)15-27-13-12-19-6-7-20(14-23(19)27)24(28)26-32-16-18-2-8-21(9-3-18)25(29)30/h2-14,29-30H,15-16H2,1H3,(H,26,28). The second-order valence-electron chi connectivity index (χ2n) is 7.40. The lowest BCUT2D eigenvalue weighted by Gasteiger charge is -2.09. The minimum atomic E-state index is -1.51. The maximum Gasteiger partial charge on any atom is 0.488 e. The normalized spacial score (nSPS) is 10.8. The molecular weight excluding hydrogens is 407 g/mol. The SMILES string of the molecule is COc1ccc(Cn2ccc3ccc(C(=O)NOCc4ccc(B(O)O)cc4)cc32)cc1. The van der Waals surface area contributed by atoms with Gasteiger partial charge in [-0.15, -0.1) is 0 Å². The van der Waals surface area contributed by atoms with Crippen LogP contribution >= 0.6 is 0 Å². The van der Waals surface area contributed by atoms with E-state index in [4.69, 9.17) is 19.6 Å². The third-order valence-electron chi connectivity index (χ3n) is 5.23. The molecule has 0 aliphatic heterocycles. The van der Waals surface area contributed by atoms with Crippen molar-refractivity contribution in [1.82, 2.24) is 10.0 Å². The summed E-state index contributed by atoms with van der Waals surface area (Å²) >= 11 is 0. The Morgan fingerprint density at radius 3 is 2.38 bits per heavy atom. The highest BCUT2D eigenvalue weighted by atomic mass is 16.6. The van der Waals surface area contributed by atoms with E-state index in [-0.39, 0.29) is 12.5 Å².